The summed E-state index contributed by atoms with van der Waals surface area (Å²) >= 11 is 6.43. The van der Waals surface area contributed by atoms with E-state index in [9.17, 15) is 13.8 Å². The Morgan fingerprint density at radius 1 is 1.23 bits per heavy atom. The lowest BCUT2D eigenvalue weighted by Crippen LogP contribution is -2.25. The molecule has 3 rings (SSSR count). The molecular formula is C28H32ClFN3O6P. The Hall–Kier alpha value is -3.24. The molecule has 1 amide bonds. The monoisotopic (exact) mass is 591 g/mol. The molecule has 0 aromatic heterocycles. The van der Waals surface area contributed by atoms with Gasteiger partial charge in [0.15, 0.2) is 6.79 Å². The Bertz CT molecular complexity index is 1400. The van der Waals surface area contributed by atoms with Gasteiger partial charge in [0.25, 0.3) is 5.91 Å². The lowest BCUT2D eigenvalue weighted by atomic mass is 10.0. The number of hydrogen-bond donors (Lipinski definition) is 4. The van der Waals surface area contributed by atoms with Crippen LogP contribution in [0.5, 0.6) is 5.75 Å². The molecule has 0 radical (unpaired) electrons. The first-order valence-corrected chi connectivity index (χ1v) is 14.1. The molecule has 0 saturated carbocycles. The maximum absolute atomic E-state index is 14.0. The lowest BCUT2D eigenvalue weighted by Gasteiger charge is -2.28. The number of hydrogen-bond acceptors (Lipinski definition) is 6. The van der Waals surface area contributed by atoms with Gasteiger partial charge in [-0.05, 0) is 79.7 Å². The molecule has 0 bridgehead atoms. The van der Waals surface area contributed by atoms with Gasteiger partial charge in [-0.1, -0.05) is 36.4 Å². The van der Waals surface area contributed by atoms with Gasteiger partial charge >= 0.3 is 7.82 Å². The molecule has 0 aliphatic heterocycles. The highest BCUT2D eigenvalue weighted by Gasteiger charge is 2.19. The smallest absolute Gasteiger partial charge is 0.467 e. The van der Waals surface area contributed by atoms with Crippen LogP contribution in [0.1, 0.15) is 45.6 Å². The first kappa shape index (κ1) is 31.3. The zero-order chi connectivity index (χ0) is 29.4. The van der Waals surface area contributed by atoms with Crippen molar-refractivity contribution in [3.8, 4) is 5.75 Å². The number of halogens is 2. The molecule has 0 heterocycles. The van der Waals surface area contributed by atoms with E-state index in [4.69, 9.17) is 26.1 Å². The van der Waals surface area contributed by atoms with Crippen LogP contribution < -0.4 is 15.4 Å². The minimum absolute atomic E-state index is 0.00962. The highest BCUT2D eigenvalue weighted by Crippen LogP contribution is 2.35. The van der Waals surface area contributed by atoms with E-state index < -0.39 is 20.4 Å². The fraction of sp³-hybridized carbons (Fsp3) is 0.250. The molecule has 3 aromatic rings. The second-order valence-electron chi connectivity index (χ2n) is 9.14. The number of phosphoric ester groups is 1. The van der Waals surface area contributed by atoms with Crippen molar-refractivity contribution in [2.45, 2.75) is 33.0 Å². The van der Waals surface area contributed by atoms with E-state index in [0.29, 0.717) is 28.4 Å². The number of ether oxygens (including phenoxy) is 1. The Morgan fingerprint density at radius 3 is 2.65 bits per heavy atom. The molecule has 0 saturated heterocycles. The zero-order valence-corrected chi connectivity index (χ0v) is 24.0. The van der Waals surface area contributed by atoms with Crippen molar-refractivity contribution in [2.24, 2.45) is 0 Å². The van der Waals surface area contributed by atoms with Crippen molar-refractivity contribution in [2.75, 3.05) is 19.2 Å². The number of nitrogens with one attached hydrogen (secondary N) is 2. The number of carbonyl (C=O) groups excluding carboxylic acids is 1. The molecule has 0 fully saturated rings. The molecule has 0 aliphatic rings. The molecule has 4 N–H and O–H groups in total. The summed E-state index contributed by atoms with van der Waals surface area (Å²) < 4.78 is 34.1. The summed E-state index contributed by atoms with van der Waals surface area (Å²) in [6.45, 7) is 7.68. The van der Waals surface area contributed by atoms with E-state index in [0.717, 1.165) is 22.8 Å². The average molecular weight is 592 g/mol. The van der Waals surface area contributed by atoms with Gasteiger partial charge in [-0.25, -0.2) is 13.5 Å². The fourth-order valence-corrected chi connectivity index (χ4v) is 4.51. The Morgan fingerprint density at radius 2 is 1.98 bits per heavy atom. The van der Waals surface area contributed by atoms with Gasteiger partial charge in [0, 0.05) is 41.5 Å². The number of rotatable bonds is 13. The van der Waals surface area contributed by atoms with E-state index >= 15 is 0 Å². The van der Waals surface area contributed by atoms with Gasteiger partial charge in [-0.3, -0.25) is 9.69 Å². The third-order valence-electron chi connectivity index (χ3n) is 6.28. The van der Waals surface area contributed by atoms with Crippen LogP contribution in [-0.2, 0) is 22.2 Å². The normalized spacial score (nSPS) is 12.2. The molecule has 0 spiro atoms. The number of anilines is 1. The molecule has 3 aromatic carbocycles. The molecule has 12 heteroatoms. The van der Waals surface area contributed by atoms with Gasteiger partial charge in [-0.2, -0.15) is 0 Å². The SMILES string of the molecule is C=CNc1cc(C(=O)NCc2cc(F)cc(OCOP(=O)(O)O)c2)ccc1C(C)N(C)Cc1c(C)cccc1Cl. The van der Waals surface area contributed by atoms with Crippen LogP contribution in [0.3, 0.4) is 0 Å². The number of amides is 1. The topological polar surface area (TPSA) is 120 Å². The van der Waals surface area contributed by atoms with Gasteiger partial charge < -0.3 is 25.2 Å². The quantitative estimate of drug-likeness (QED) is 0.143. The Balaban J connectivity index is 1.70. The van der Waals surface area contributed by atoms with Crippen LogP contribution in [0.2, 0.25) is 5.02 Å². The van der Waals surface area contributed by atoms with E-state index in [1.165, 1.54) is 18.3 Å². The van der Waals surface area contributed by atoms with Gasteiger partial charge in [0.05, 0.1) is 0 Å². The summed E-state index contributed by atoms with van der Waals surface area (Å²) in [6, 6.07) is 14.8. The summed E-state index contributed by atoms with van der Waals surface area (Å²) in [6.07, 6.45) is 1.54. The minimum atomic E-state index is -4.73. The maximum Gasteiger partial charge on any atom is 0.472 e. The minimum Gasteiger partial charge on any atom is -0.467 e. The zero-order valence-electron chi connectivity index (χ0n) is 22.4. The van der Waals surface area contributed by atoms with Gasteiger partial charge in [0.1, 0.15) is 11.6 Å². The van der Waals surface area contributed by atoms with Gasteiger partial charge in [0.2, 0.25) is 0 Å². The largest absolute Gasteiger partial charge is 0.472 e. The van der Waals surface area contributed by atoms with E-state index in [1.807, 2.05) is 38.2 Å². The van der Waals surface area contributed by atoms with Crippen LogP contribution in [0.15, 0.2) is 67.4 Å². The molecule has 40 heavy (non-hydrogen) atoms. The van der Waals surface area contributed by atoms with Crippen molar-refractivity contribution < 1.29 is 32.8 Å². The Kier molecular flexibility index (Phi) is 10.9. The van der Waals surface area contributed by atoms with Crippen LogP contribution >= 0.6 is 19.4 Å². The molecule has 1 atom stereocenters. The van der Waals surface area contributed by atoms with Crippen molar-refractivity contribution in [3.05, 3.63) is 106 Å². The average Bonchev–Trinajstić information content (AvgIpc) is 2.88. The first-order chi connectivity index (χ1) is 18.9. The summed E-state index contributed by atoms with van der Waals surface area (Å²) in [5.74, 6) is -1.04. The van der Waals surface area contributed by atoms with E-state index in [2.05, 4.69) is 33.6 Å². The van der Waals surface area contributed by atoms with E-state index in [1.54, 1.807) is 12.1 Å². The molecular weight excluding hydrogens is 560 g/mol. The number of nitrogens with zero attached hydrogens (tertiary/aromatic N) is 1. The van der Waals surface area contributed by atoms with Crippen molar-refractivity contribution in [1.82, 2.24) is 10.2 Å². The first-order valence-electron chi connectivity index (χ1n) is 12.2. The number of phosphoric acid groups is 1. The lowest BCUT2D eigenvalue weighted by molar-refractivity contribution is 0.0824. The number of aryl methyl sites for hydroxylation is 1. The standard InChI is InChI=1S/C28H32ClFN3O6P/c1-5-31-27-13-21(9-10-24(27)19(3)33(4)16-25-18(2)7-6-8-26(25)29)28(34)32-15-20-11-22(30)14-23(12-20)38-17-39-40(35,36)37/h5-14,19,31H,1,15-17H2,2-4H3,(H,32,34)(H2,35,36,37). The van der Waals surface area contributed by atoms with E-state index in [-0.39, 0.29) is 24.2 Å². The van der Waals surface area contributed by atoms with Crippen LogP contribution in [0.25, 0.3) is 0 Å². The summed E-state index contributed by atoms with van der Waals surface area (Å²) in [7, 11) is -2.73. The van der Waals surface area contributed by atoms with Crippen molar-refractivity contribution in [3.63, 3.8) is 0 Å². The Labute approximate surface area is 237 Å². The second-order valence-corrected chi connectivity index (χ2v) is 10.8. The predicted octanol–water partition coefficient (Wildman–Crippen LogP) is 5.91. The van der Waals surface area contributed by atoms with Gasteiger partial charge in [-0.15, -0.1) is 0 Å². The van der Waals surface area contributed by atoms with Crippen molar-refractivity contribution in [1.29, 1.82) is 0 Å². The highest BCUT2D eigenvalue weighted by molar-refractivity contribution is 7.46. The van der Waals surface area contributed by atoms with Crippen LogP contribution in [0.4, 0.5) is 10.1 Å². The third-order valence-corrected chi connectivity index (χ3v) is 7.07. The molecule has 214 valence electrons. The molecule has 1 unspecified atom stereocenters. The summed E-state index contributed by atoms with van der Waals surface area (Å²) in [4.78, 5) is 32.6. The van der Waals surface area contributed by atoms with Crippen LogP contribution in [0, 0.1) is 12.7 Å². The predicted molar refractivity (Wildman–Crippen MR) is 153 cm³/mol. The fourth-order valence-electron chi connectivity index (χ4n) is 4.04. The maximum atomic E-state index is 14.0. The third kappa shape index (κ3) is 8.89. The number of carbonyl (C=O) groups is 1. The second kappa shape index (κ2) is 13.9. The summed E-state index contributed by atoms with van der Waals surface area (Å²) in [5.41, 5.74) is 4.58. The highest BCUT2D eigenvalue weighted by atomic mass is 35.5. The van der Waals surface area contributed by atoms with Crippen molar-refractivity contribution >= 4 is 31.0 Å². The van der Waals surface area contributed by atoms with Crippen LogP contribution in [-0.4, -0.2) is 34.4 Å². The summed E-state index contributed by atoms with van der Waals surface area (Å²) in [5, 5.41) is 6.56. The molecule has 9 nitrogen and oxygen atoms in total. The molecule has 0 aliphatic carbocycles. The number of benzene rings is 3.